The van der Waals surface area contributed by atoms with Gasteiger partial charge < -0.3 is 10.2 Å². The van der Waals surface area contributed by atoms with Crippen LogP contribution in [-0.4, -0.2) is 62.2 Å². The number of rotatable bonds is 6. The summed E-state index contributed by atoms with van der Waals surface area (Å²) in [5, 5.41) is 3.27. The van der Waals surface area contributed by atoms with E-state index in [1.165, 1.54) is 16.4 Å². The van der Waals surface area contributed by atoms with Gasteiger partial charge in [-0.1, -0.05) is 11.6 Å². The number of sulfonamides is 1. The maximum atomic E-state index is 12.8. The van der Waals surface area contributed by atoms with Crippen molar-refractivity contribution in [2.75, 3.05) is 32.7 Å². The largest absolute Gasteiger partial charge is 0.355 e. The molecule has 2 aliphatic heterocycles. The molecule has 1 N–H and O–H groups in total. The van der Waals surface area contributed by atoms with Crippen LogP contribution in [0, 0.1) is 5.92 Å². The first-order valence-corrected chi connectivity index (χ1v) is 11.5. The van der Waals surface area contributed by atoms with Gasteiger partial charge in [-0.3, -0.25) is 9.59 Å². The molecule has 2 fully saturated rings. The van der Waals surface area contributed by atoms with Crippen LogP contribution in [0.25, 0.3) is 0 Å². The number of benzene rings is 1. The Morgan fingerprint density at radius 2 is 1.75 bits per heavy atom. The number of carbonyl (C=O) groups excluding carboxylic acids is 2. The fraction of sp³-hybridized carbons (Fsp3) is 0.579. The average Bonchev–Trinajstić information content (AvgIpc) is 3.23. The van der Waals surface area contributed by atoms with Crippen LogP contribution < -0.4 is 5.32 Å². The lowest BCUT2D eigenvalue weighted by molar-refractivity contribution is -0.130. The van der Waals surface area contributed by atoms with Gasteiger partial charge in [-0.25, -0.2) is 8.42 Å². The van der Waals surface area contributed by atoms with E-state index >= 15 is 0 Å². The number of nitrogens with one attached hydrogen (secondary N) is 1. The molecule has 1 atom stereocenters. The van der Waals surface area contributed by atoms with Crippen molar-refractivity contribution in [2.45, 2.75) is 37.0 Å². The van der Waals surface area contributed by atoms with Gasteiger partial charge >= 0.3 is 0 Å². The molecule has 2 amide bonds. The van der Waals surface area contributed by atoms with Crippen molar-refractivity contribution < 1.29 is 18.0 Å². The molecule has 9 heteroatoms. The highest BCUT2D eigenvalue weighted by molar-refractivity contribution is 7.89. The van der Waals surface area contributed by atoms with Crippen molar-refractivity contribution in [1.82, 2.24) is 14.5 Å². The molecule has 7 nitrogen and oxygen atoms in total. The minimum atomic E-state index is -3.66. The highest BCUT2D eigenvalue weighted by atomic mass is 35.5. The van der Waals surface area contributed by atoms with Gasteiger partial charge in [-0.2, -0.15) is 4.31 Å². The summed E-state index contributed by atoms with van der Waals surface area (Å²) in [6, 6.07) is 6.04. The van der Waals surface area contributed by atoms with Crippen molar-refractivity contribution in [1.29, 1.82) is 0 Å². The predicted octanol–water partition coefficient (Wildman–Crippen LogP) is 1.87. The van der Waals surface area contributed by atoms with Gasteiger partial charge in [0.25, 0.3) is 0 Å². The summed E-state index contributed by atoms with van der Waals surface area (Å²) in [6.45, 7) is 2.42. The molecular formula is C19H26ClN3O4S. The average molecular weight is 428 g/mol. The van der Waals surface area contributed by atoms with E-state index in [1.54, 1.807) is 12.1 Å². The zero-order valence-electron chi connectivity index (χ0n) is 15.8. The minimum absolute atomic E-state index is 0.0633. The number of amides is 2. The number of halogens is 1. The SMILES string of the molecule is O=C(NCCC(=O)N1CCCC1)[C@H]1CCCN(S(=O)(=O)c2ccc(Cl)cc2)C1. The van der Waals surface area contributed by atoms with E-state index in [2.05, 4.69) is 5.32 Å². The third-order valence-corrected chi connectivity index (χ3v) is 7.43. The van der Waals surface area contributed by atoms with Crippen LogP contribution in [0.1, 0.15) is 32.1 Å². The topological polar surface area (TPSA) is 86.8 Å². The third-order valence-electron chi connectivity index (χ3n) is 5.30. The first-order valence-electron chi connectivity index (χ1n) is 9.69. The lowest BCUT2D eigenvalue weighted by atomic mass is 9.99. The second-order valence-corrected chi connectivity index (χ2v) is 9.66. The van der Waals surface area contributed by atoms with Gasteiger partial charge in [0.1, 0.15) is 0 Å². The molecule has 0 unspecified atom stereocenters. The molecule has 0 aromatic heterocycles. The van der Waals surface area contributed by atoms with Crippen molar-refractivity contribution in [3.63, 3.8) is 0 Å². The second-order valence-electron chi connectivity index (χ2n) is 7.29. The molecule has 2 saturated heterocycles. The molecule has 0 aliphatic carbocycles. The summed E-state index contributed by atoms with van der Waals surface area (Å²) in [5.41, 5.74) is 0. The number of piperidine rings is 1. The fourth-order valence-electron chi connectivity index (χ4n) is 3.69. The lowest BCUT2D eigenvalue weighted by Crippen LogP contribution is -2.45. The molecule has 1 aromatic carbocycles. The van der Waals surface area contributed by atoms with E-state index in [1.807, 2.05) is 4.90 Å². The van der Waals surface area contributed by atoms with Gasteiger partial charge in [-0.15, -0.1) is 0 Å². The van der Waals surface area contributed by atoms with Gasteiger partial charge in [0.05, 0.1) is 10.8 Å². The molecule has 0 radical (unpaired) electrons. The summed E-state index contributed by atoms with van der Waals surface area (Å²) in [6.07, 6.45) is 3.62. The van der Waals surface area contributed by atoms with Crippen molar-refractivity contribution in [3.05, 3.63) is 29.3 Å². The number of likely N-dealkylation sites (tertiary alicyclic amines) is 1. The monoisotopic (exact) mass is 427 g/mol. The van der Waals surface area contributed by atoms with Crippen LogP contribution in [0.2, 0.25) is 5.02 Å². The zero-order chi connectivity index (χ0) is 20.1. The number of hydrogen-bond donors (Lipinski definition) is 1. The van der Waals surface area contributed by atoms with Crippen LogP contribution in [0.3, 0.4) is 0 Å². The standard InChI is InChI=1S/C19H26ClN3O4S/c20-16-5-7-17(8-6-16)28(26,27)23-13-3-4-15(14-23)19(25)21-10-9-18(24)22-11-1-2-12-22/h5-8,15H,1-4,9-14H2,(H,21,25)/t15-/m0/s1. The molecule has 2 heterocycles. The van der Waals surface area contributed by atoms with E-state index in [4.69, 9.17) is 11.6 Å². The van der Waals surface area contributed by atoms with Gasteiger partial charge in [0, 0.05) is 44.2 Å². The zero-order valence-corrected chi connectivity index (χ0v) is 17.3. The van der Waals surface area contributed by atoms with Crippen molar-refractivity contribution in [2.24, 2.45) is 5.92 Å². The Balaban J connectivity index is 1.52. The quantitative estimate of drug-likeness (QED) is 0.750. The van der Waals surface area contributed by atoms with Crippen LogP contribution in [0.5, 0.6) is 0 Å². The molecule has 0 saturated carbocycles. The Hall–Kier alpha value is -1.64. The van der Waals surface area contributed by atoms with Crippen molar-refractivity contribution in [3.8, 4) is 0 Å². The summed E-state index contributed by atoms with van der Waals surface area (Å²) in [4.78, 5) is 26.5. The maximum absolute atomic E-state index is 12.8. The van der Waals surface area contributed by atoms with Gasteiger partial charge in [-0.05, 0) is 49.9 Å². The molecule has 154 valence electrons. The van der Waals surface area contributed by atoms with E-state index in [0.717, 1.165) is 25.9 Å². The normalized spacial score (nSPS) is 20.9. The molecule has 3 rings (SSSR count). The van der Waals surface area contributed by atoms with E-state index in [9.17, 15) is 18.0 Å². The van der Waals surface area contributed by atoms with Gasteiger partial charge in [0.2, 0.25) is 21.8 Å². The summed E-state index contributed by atoms with van der Waals surface area (Å²) < 4.78 is 27.0. The van der Waals surface area contributed by atoms with Crippen LogP contribution in [0.15, 0.2) is 29.2 Å². The smallest absolute Gasteiger partial charge is 0.243 e. The number of nitrogens with zero attached hydrogens (tertiary/aromatic N) is 2. The van der Waals surface area contributed by atoms with Crippen LogP contribution in [0.4, 0.5) is 0 Å². The molecule has 28 heavy (non-hydrogen) atoms. The molecule has 1 aromatic rings. The minimum Gasteiger partial charge on any atom is -0.355 e. The lowest BCUT2D eigenvalue weighted by Gasteiger charge is -2.31. The summed E-state index contributed by atoms with van der Waals surface area (Å²) in [5.74, 6) is -0.531. The predicted molar refractivity (Wildman–Crippen MR) is 106 cm³/mol. The summed E-state index contributed by atoms with van der Waals surface area (Å²) >= 11 is 5.84. The van der Waals surface area contributed by atoms with Crippen LogP contribution in [-0.2, 0) is 19.6 Å². The Kier molecular flexibility index (Phi) is 6.95. The number of hydrogen-bond acceptors (Lipinski definition) is 4. The molecule has 2 aliphatic rings. The third kappa shape index (κ3) is 5.04. The first-order chi connectivity index (χ1) is 13.4. The van der Waals surface area contributed by atoms with Crippen LogP contribution >= 0.6 is 11.6 Å². The Labute approximate surface area is 171 Å². The Bertz CT molecular complexity index is 807. The Morgan fingerprint density at radius 1 is 1.07 bits per heavy atom. The maximum Gasteiger partial charge on any atom is 0.243 e. The molecule has 0 spiro atoms. The Morgan fingerprint density at radius 3 is 2.43 bits per heavy atom. The van der Waals surface area contributed by atoms with E-state index < -0.39 is 15.9 Å². The summed E-state index contributed by atoms with van der Waals surface area (Å²) in [7, 11) is -3.66. The number of carbonyl (C=O) groups is 2. The van der Waals surface area contributed by atoms with Crippen molar-refractivity contribution >= 4 is 33.4 Å². The van der Waals surface area contributed by atoms with E-state index in [0.29, 0.717) is 24.4 Å². The highest BCUT2D eigenvalue weighted by Gasteiger charge is 2.33. The first kappa shape index (κ1) is 21.1. The fourth-order valence-corrected chi connectivity index (χ4v) is 5.34. The molecular weight excluding hydrogens is 402 g/mol. The molecule has 0 bridgehead atoms. The second kappa shape index (κ2) is 9.24. The highest BCUT2D eigenvalue weighted by Crippen LogP contribution is 2.24. The van der Waals surface area contributed by atoms with Gasteiger partial charge in [0.15, 0.2) is 0 Å². The van der Waals surface area contributed by atoms with E-state index in [-0.39, 0.29) is 36.2 Å².